The molecule has 0 bridgehead atoms. The van der Waals surface area contributed by atoms with E-state index in [-0.39, 0.29) is 5.91 Å². The average molecular weight is 306 g/mol. The van der Waals surface area contributed by atoms with E-state index in [4.69, 9.17) is 0 Å². The minimum atomic E-state index is -0.116. The second-order valence-corrected chi connectivity index (χ2v) is 5.30. The summed E-state index contributed by atoms with van der Waals surface area (Å²) in [5, 5.41) is 7.00. The summed E-state index contributed by atoms with van der Waals surface area (Å²) in [6, 6.07) is 15.4. The van der Waals surface area contributed by atoms with Crippen LogP contribution >= 0.6 is 0 Å². The van der Waals surface area contributed by atoms with Crippen molar-refractivity contribution in [1.82, 2.24) is 14.8 Å². The van der Waals surface area contributed by atoms with Gasteiger partial charge < -0.3 is 5.32 Å². The first-order chi connectivity index (χ1) is 11.2. The number of anilines is 1. The van der Waals surface area contributed by atoms with Gasteiger partial charge >= 0.3 is 0 Å². The Labute approximate surface area is 135 Å². The van der Waals surface area contributed by atoms with Crippen LogP contribution in [0.2, 0.25) is 0 Å². The lowest BCUT2D eigenvalue weighted by molar-refractivity contribution is 0.102. The van der Waals surface area contributed by atoms with Crippen LogP contribution in [0.4, 0.5) is 5.69 Å². The van der Waals surface area contributed by atoms with Crippen molar-refractivity contribution in [2.75, 3.05) is 5.32 Å². The summed E-state index contributed by atoms with van der Waals surface area (Å²) in [4.78, 5) is 16.3. The number of carbonyl (C=O) groups excluding carboxylic acids is 1. The fraction of sp³-hybridized carbons (Fsp3) is 0.167. The third-order valence-electron chi connectivity index (χ3n) is 3.62. The van der Waals surface area contributed by atoms with Crippen molar-refractivity contribution in [3.63, 3.8) is 0 Å². The molecule has 5 heteroatoms. The van der Waals surface area contributed by atoms with Crippen molar-refractivity contribution in [1.29, 1.82) is 0 Å². The van der Waals surface area contributed by atoms with E-state index < -0.39 is 0 Å². The van der Waals surface area contributed by atoms with Gasteiger partial charge in [0, 0.05) is 11.3 Å². The van der Waals surface area contributed by atoms with Gasteiger partial charge in [0.05, 0.1) is 6.54 Å². The van der Waals surface area contributed by atoms with E-state index in [2.05, 4.69) is 22.3 Å². The molecular weight excluding hydrogens is 288 g/mol. The molecule has 0 atom stereocenters. The molecule has 0 saturated carbocycles. The summed E-state index contributed by atoms with van der Waals surface area (Å²) in [6.45, 7) is 2.69. The molecule has 0 aliphatic heterocycles. The molecule has 3 aromatic rings. The summed E-state index contributed by atoms with van der Waals surface area (Å²) in [5.74, 6) is -0.116. The number of hydrogen-bond donors (Lipinski definition) is 1. The van der Waals surface area contributed by atoms with E-state index in [1.54, 1.807) is 17.1 Å². The normalized spacial score (nSPS) is 10.5. The Balaban J connectivity index is 1.71. The largest absolute Gasteiger partial charge is 0.322 e. The third kappa shape index (κ3) is 3.83. The first-order valence-electron chi connectivity index (χ1n) is 7.56. The molecule has 1 aromatic heterocycles. The monoisotopic (exact) mass is 306 g/mol. The second-order valence-electron chi connectivity index (χ2n) is 5.30. The standard InChI is InChI=1S/C18H18N4O/c1-2-14-6-8-17(9-7-14)21-18(23)16-5-3-4-15(10-16)11-22-13-19-12-20-22/h3-10,12-13H,2,11H2,1H3,(H,21,23). The zero-order valence-electron chi connectivity index (χ0n) is 12.9. The number of benzene rings is 2. The SMILES string of the molecule is CCc1ccc(NC(=O)c2cccc(Cn3cncn3)c2)cc1. The molecule has 116 valence electrons. The molecule has 2 aromatic carbocycles. The number of aryl methyl sites for hydroxylation is 1. The van der Waals surface area contributed by atoms with Crippen LogP contribution in [0.25, 0.3) is 0 Å². The lowest BCUT2D eigenvalue weighted by atomic mass is 10.1. The van der Waals surface area contributed by atoms with Crippen LogP contribution in [0.3, 0.4) is 0 Å². The predicted molar refractivity (Wildman–Crippen MR) is 89.3 cm³/mol. The molecule has 23 heavy (non-hydrogen) atoms. The van der Waals surface area contributed by atoms with Gasteiger partial charge in [0.25, 0.3) is 5.91 Å². The smallest absolute Gasteiger partial charge is 0.255 e. The number of rotatable bonds is 5. The highest BCUT2D eigenvalue weighted by atomic mass is 16.1. The van der Waals surface area contributed by atoms with Crippen LogP contribution in [0.1, 0.15) is 28.4 Å². The highest BCUT2D eigenvalue weighted by Crippen LogP contribution is 2.13. The zero-order chi connectivity index (χ0) is 16.1. The molecule has 1 amide bonds. The Bertz CT molecular complexity index is 779. The number of nitrogens with one attached hydrogen (secondary N) is 1. The molecular formula is C18H18N4O. The van der Waals surface area contributed by atoms with E-state index in [0.29, 0.717) is 12.1 Å². The Morgan fingerprint density at radius 2 is 1.96 bits per heavy atom. The van der Waals surface area contributed by atoms with Gasteiger partial charge in [-0.05, 0) is 41.8 Å². The maximum atomic E-state index is 12.4. The molecule has 0 unspecified atom stereocenters. The van der Waals surface area contributed by atoms with Crippen LogP contribution in [0.5, 0.6) is 0 Å². The third-order valence-corrected chi connectivity index (χ3v) is 3.62. The lowest BCUT2D eigenvalue weighted by Crippen LogP contribution is -2.12. The summed E-state index contributed by atoms with van der Waals surface area (Å²) < 4.78 is 1.72. The Morgan fingerprint density at radius 3 is 2.65 bits per heavy atom. The van der Waals surface area contributed by atoms with Gasteiger partial charge in [-0.1, -0.05) is 31.2 Å². The minimum Gasteiger partial charge on any atom is -0.322 e. The fourth-order valence-corrected chi connectivity index (χ4v) is 2.34. The lowest BCUT2D eigenvalue weighted by Gasteiger charge is -2.08. The van der Waals surface area contributed by atoms with Gasteiger partial charge in [-0.15, -0.1) is 0 Å². The highest BCUT2D eigenvalue weighted by molar-refractivity contribution is 6.04. The second kappa shape index (κ2) is 6.87. The van der Waals surface area contributed by atoms with Gasteiger partial charge in [0.1, 0.15) is 12.7 Å². The fourth-order valence-electron chi connectivity index (χ4n) is 2.34. The number of aromatic nitrogens is 3. The van der Waals surface area contributed by atoms with Gasteiger partial charge in [-0.3, -0.25) is 4.79 Å². The molecule has 0 radical (unpaired) electrons. The quantitative estimate of drug-likeness (QED) is 0.788. The predicted octanol–water partition coefficient (Wildman–Crippen LogP) is 3.14. The van der Waals surface area contributed by atoms with Crippen molar-refractivity contribution >= 4 is 11.6 Å². The van der Waals surface area contributed by atoms with Crippen molar-refractivity contribution in [2.24, 2.45) is 0 Å². The van der Waals surface area contributed by atoms with E-state index in [1.807, 2.05) is 42.5 Å². The van der Waals surface area contributed by atoms with Crippen LogP contribution in [-0.4, -0.2) is 20.7 Å². The first-order valence-corrected chi connectivity index (χ1v) is 7.56. The van der Waals surface area contributed by atoms with Crippen molar-refractivity contribution in [3.05, 3.63) is 77.9 Å². The van der Waals surface area contributed by atoms with Crippen LogP contribution in [-0.2, 0) is 13.0 Å². The molecule has 0 spiro atoms. The van der Waals surface area contributed by atoms with Gasteiger partial charge in [-0.25, -0.2) is 9.67 Å². The summed E-state index contributed by atoms with van der Waals surface area (Å²) in [7, 11) is 0. The number of carbonyl (C=O) groups is 1. The van der Waals surface area contributed by atoms with Gasteiger partial charge in [-0.2, -0.15) is 5.10 Å². The molecule has 0 aliphatic rings. The summed E-state index contributed by atoms with van der Waals surface area (Å²) >= 11 is 0. The van der Waals surface area contributed by atoms with Crippen LogP contribution < -0.4 is 5.32 Å². The molecule has 0 saturated heterocycles. The number of amides is 1. The van der Waals surface area contributed by atoms with Gasteiger partial charge in [0.2, 0.25) is 0 Å². The van der Waals surface area contributed by atoms with E-state index in [9.17, 15) is 4.79 Å². The minimum absolute atomic E-state index is 0.116. The molecule has 3 rings (SSSR count). The van der Waals surface area contributed by atoms with Crippen LogP contribution in [0, 0.1) is 0 Å². The van der Waals surface area contributed by atoms with Crippen molar-refractivity contribution in [3.8, 4) is 0 Å². The van der Waals surface area contributed by atoms with E-state index in [0.717, 1.165) is 17.7 Å². The Morgan fingerprint density at radius 1 is 1.13 bits per heavy atom. The topological polar surface area (TPSA) is 59.8 Å². The average Bonchev–Trinajstić information content (AvgIpc) is 3.09. The zero-order valence-corrected chi connectivity index (χ0v) is 12.9. The number of nitrogens with zero attached hydrogens (tertiary/aromatic N) is 3. The van der Waals surface area contributed by atoms with E-state index in [1.165, 1.54) is 11.9 Å². The Kier molecular flexibility index (Phi) is 4.47. The maximum absolute atomic E-state index is 12.4. The molecule has 1 heterocycles. The highest BCUT2D eigenvalue weighted by Gasteiger charge is 2.07. The summed E-state index contributed by atoms with van der Waals surface area (Å²) in [5.41, 5.74) is 3.68. The summed E-state index contributed by atoms with van der Waals surface area (Å²) in [6.07, 6.45) is 4.14. The number of hydrogen-bond acceptors (Lipinski definition) is 3. The molecule has 0 fully saturated rings. The van der Waals surface area contributed by atoms with Crippen molar-refractivity contribution in [2.45, 2.75) is 19.9 Å². The molecule has 1 N–H and O–H groups in total. The Hall–Kier alpha value is -2.95. The first kappa shape index (κ1) is 15.0. The van der Waals surface area contributed by atoms with E-state index >= 15 is 0 Å². The van der Waals surface area contributed by atoms with Crippen molar-refractivity contribution < 1.29 is 4.79 Å². The molecule has 5 nitrogen and oxygen atoms in total. The maximum Gasteiger partial charge on any atom is 0.255 e. The van der Waals surface area contributed by atoms with Gasteiger partial charge in [0.15, 0.2) is 0 Å². The molecule has 0 aliphatic carbocycles. The van der Waals surface area contributed by atoms with Crippen LogP contribution in [0.15, 0.2) is 61.2 Å².